The van der Waals surface area contributed by atoms with Gasteiger partial charge in [0.1, 0.15) is 36.1 Å². The molecular weight excluding hydrogens is 276 g/mol. The van der Waals surface area contributed by atoms with Gasteiger partial charge in [-0.3, -0.25) is 0 Å². The molecule has 1 aliphatic rings. The monoisotopic (exact) mass is 299 g/mol. The van der Waals surface area contributed by atoms with Crippen molar-refractivity contribution in [3.63, 3.8) is 0 Å². The molecule has 7 atom stereocenters. The molecule has 9 nitrogen and oxygen atoms in total. The highest BCUT2D eigenvalue weighted by molar-refractivity contribution is 4.89. The zero-order valence-corrected chi connectivity index (χ0v) is 10.7. The molecule has 0 bridgehead atoms. The van der Waals surface area contributed by atoms with Crippen LogP contribution in [-0.4, -0.2) is 98.0 Å². The Kier molecular flexibility index (Phi) is 5.66. The van der Waals surface area contributed by atoms with Crippen molar-refractivity contribution < 1.29 is 46.6 Å². The molecule has 1 heterocycles. The van der Waals surface area contributed by atoms with Gasteiger partial charge in [0.25, 0.3) is 0 Å². The summed E-state index contributed by atoms with van der Waals surface area (Å²) in [5.74, 6) is 0. The number of hydrogen-bond acceptors (Lipinski definition) is 9. The molecule has 120 valence electrons. The van der Waals surface area contributed by atoms with Crippen molar-refractivity contribution >= 4 is 0 Å². The summed E-state index contributed by atoms with van der Waals surface area (Å²) in [5, 5.41) is 66.0. The first-order valence-corrected chi connectivity index (χ1v) is 6.03. The van der Waals surface area contributed by atoms with Crippen molar-refractivity contribution in [1.82, 2.24) is 0 Å². The topological polar surface area (TPSA) is 160 Å². The molecule has 0 radical (unpaired) electrons. The van der Waals surface area contributed by atoms with E-state index in [4.69, 9.17) is 21.1 Å². The summed E-state index contributed by atoms with van der Waals surface area (Å²) in [6.45, 7) is -2.77. The van der Waals surface area contributed by atoms with Gasteiger partial charge in [0.15, 0.2) is 6.29 Å². The molecule has 0 spiro atoms. The summed E-state index contributed by atoms with van der Waals surface area (Å²) in [6.07, 6.45) is -9.02. The highest BCUT2D eigenvalue weighted by atomic mass is 16.7. The van der Waals surface area contributed by atoms with E-state index < -0.39 is 69.1 Å². The average molecular weight is 299 g/mol. The van der Waals surface area contributed by atoms with Gasteiger partial charge in [-0.25, -0.2) is 0 Å². The third kappa shape index (κ3) is 3.85. The van der Waals surface area contributed by atoms with Gasteiger partial charge in [-0.05, 0) is 6.90 Å². The van der Waals surface area contributed by atoms with Crippen LogP contribution in [0.15, 0.2) is 0 Å². The molecule has 0 aromatic carbocycles. The van der Waals surface area contributed by atoms with Crippen molar-refractivity contribution in [2.75, 3.05) is 19.8 Å². The van der Waals surface area contributed by atoms with Crippen LogP contribution in [0.5, 0.6) is 0 Å². The average Bonchev–Trinajstić information content (AvgIpc) is 2.50. The van der Waals surface area contributed by atoms with Crippen molar-refractivity contribution in [3.8, 4) is 0 Å². The van der Waals surface area contributed by atoms with Gasteiger partial charge in [0, 0.05) is 1.37 Å². The minimum atomic E-state index is -2.09. The first kappa shape index (κ1) is 16.0. The minimum Gasteiger partial charge on any atom is -0.394 e. The molecule has 0 unspecified atom stereocenters. The lowest BCUT2D eigenvalue weighted by Crippen LogP contribution is -2.59. The van der Waals surface area contributed by atoms with Gasteiger partial charge in [-0.1, -0.05) is 0 Å². The van der Waals surface area contributed by atoms with Gasteiger partial charge in [0.2, 0.25) is 0 Å². The lowest BCUT2D eigenvalue weighted by atomic mass is 9.99. The standard InChI is InChI=1S/C11H22O9/c1-11(18,4-13)6(14)3-19-10-9(17)8(16)7(15)5(2-12)20-10/h5-10,12-18H,2-4H2,1H3/t5-,6-,7-,8+,9-,10-,11+/m1/s1/i1D. The van der Waals surface area contributed by atoms with Crippen molar-refractivity contribution in [2.24, 2.45) is 0 Å². The van der Waals surface area contributed by atoms with Crippen molar-refractivity contribution in [1.29, 1.82) is 0 Å². The van der Waals surface area contributed by atoms with Crippen LogP contribution in [0.4, 0.5) is 0 Å². The molecule has 1 saturated heterocycles. The van der Waals surface area contributed by atoms with Crippen LogP contribution in [0.1, 0.15) is 8.27 Å². The van der Waals surface area contributed by atoms with E-state index in [2.05, 4.69) is 0 Å². The number of aliphatic hydroxyl groups excluding tert-OH is 6. The van der Waals surface area contributed by atoms with E-state index in [1.807, 2.05) is 0 Å². The third-order valence-corrected chi connectivity index (χ3v) is 3.16. The maximum absolute atomic E-state index is 9.68. The zero-order chi connectivity index (χ0) is 16.2. The summed E-state index contributed by atoms with van der Waals surface area (Å²) < 4.78 is 17.1. The summed E-state index contributed by atoms with van der Waals surface area (Å²) in [6, 6.07) is 0. The van der Waals surface area contributed by atoms with Crippen LogP contribution in [0.3, 0.4) is 0 Å². The Labute approximate surface area is 117 Å². The lowest BCUT2D eigenvalue weighted by Gasteiger charge is -2.40. The first-order valence-electron chi connectivity index (χ1n) is 6.74. The molecule has 0 saturated carbocycles. The Morgan fingerprint density at radius 1 is 1.25 bits per heavy atom. The molecule has 7 N–H and O–H groups in total. The highest BCUT2D eigenvalue weighted by Crippen LogP contribution is 2.22. The summed E-state index contributed by atoms with van der Waals surface area (Å²) in [7, 11) is 0. The summed E-state index contributed by atoms with van der Waals surface area (Å²) in [4.78, 5) is 0. The molecule has 0 aliphatic carbocycles. The smallest absolute Gasteiger partial charge is 0.186 e. The lowest BCUT2D eigenvalue weighted by molar-refractivity contribution is -0.307. The maximum atomic E-state index is 9.68. The van der Waals surface area contributed by atoms with E-state index in [1.165, 1.54) is 0 Å². The van der Waals surface area contributed by atoms with Gasteiger partial charge in [-0.2, -0.15) is 0 Å². The molecule has 0 amide bonds. The van der Waals surface area contributed by atoms with E-state index in [-0.39, 0.29) is 0 Å². The van der Waals surface area contributed by atoms with E-state index in [0.29, 0.717) is 0 Å². The van der Waals surface area contributed by atoms with Gasteiger partial charge >= 0.3 is 0 Å². The summed E-state index contributed by atoms with van der Waals surface area (Å²) >= 11 is 0. The molecule has 9 heteroatoms. The Morgan fingerprint density at radius 3 is 2.40 bits per heavy atom. The van der Waals surface area contributed by atoms with Crippen molar-refractivity contribution in [2.45, 2.75) is 49.3 Å². The summed E-state index contributed by atoms with van der Waals surface area (Å²) in [5.41, 5.74) is -2.09. The van der Waals surface area contributed by atoms with Crippen LogP contribution in [0.2, 0.25) is 0 Å². The second-order valence-corrected chi connectivity index (χ2v) is 4.81. The Morgan fingerprint density at radius 2 is 1.90 bits per heavy atom. The zero-order valence-electron chi connectivity index (χ0n) is 11.7. The van der Waals surface area contributed by atoms with Crippen LogP contribution >= 0.6 is 0 Å². The minimum absolute atomic E-state index is 0.599. The number of aliphatic hydroxyl groups is 7. The fourth-order valence-corrected chi connectivity index (χ4v) is 1.65. The Bertz CT molecular complexity index is 312. The molecular formula is C11H22O9. The van der Waals surface area contributed by atoms with Gasteiger partial charge in [-0.15, -0.1) is 0 Å². The fraction of sp³-hybridized carbons (Fsp3) is 1.00. The van der Waals surface area contributed by atoms with Crippen LogP contribution < -0.4 is 0 Å². The molecule has 0 aromatic rings. The predicted molar refractivity (Wildman–Crippen MR) is 63.4 cm³/mol. The van der Waals surface area contributed by atoms with E-state index in [0.717, 1.165) is 0 Å². The highest BCUT2D eigenvalue weighted by Gasteiger charge is 2.44. The normalized spacial score (nSPS) is 40.0. The largest absolute Gasteiger partial charge is 0.394 e. The predicted octanol–water partition coefficient (Wildman–Crippen LogP) is -4.09. The van der Waals surface area contributed by atoms with Crippen molar-refractivity contribution in [3.05, 3.63) is 0 Å². The number of hydrogen-bond donors (Lipinski definition) is 7. The maximum Gasteiger partial charge on any atom is 0.186 e. The van der Waals surface area contributed by atoms with Gasteiger partial charge < -0.3 is 45.2 Å². The SMILES string of the molecule is [2H]C[C@](O)(CO)[C@H](O)CO[C@@H]1O[C@H](CO)[C@@H](O)[C@H](O)[C@H]1O. The number of rotatable bonds is 6. The molecule has 1 rings (SSSR count). The quantitative estimate of drug-likeness (QED) is 0.258. The van der Waals surface area contributed by atoms with Gasteiger partial charge in [0.05, 0.1) is 19.8 Å². The first-order chi connectivity index (χ1) is 9.80. The molecule has 1 aliphatic heterocycles. The molecule has 1 fully saturated rings. The Balaban J connectivity index is 2.61. The fourth-order valence-electron chi connectivity index (χ4n) is 1.65. The van der Waals surface area contributed by atoms with Crippen LogP contribution in [0.25, 0.3) is 0 Å². The molecule has 20 heavy (non-hydrogen) atoms. The van der Waals surface area contributed by atoms with Crippen LogP contribution in [0, 0.1) is 0 Å². The van der Waals surface area contributed by atoms with E-state index in [9.17, 15) is 25.5 Å². The molecule has 0 aromatic heterocycles. The Hall–Kier alpha value is -0.360. The number of ether oxygens (including phenoxy) is 2. The van der Waals surface area contributed by atoms with E-state index in [1.54, 1.807) is 0 Å². The second-order valence-electron chi connectivity index (χ2n) is 4.81. The second kappa shape index (κ2) is 7.07. The van der Waals surface area contributed by atoms with E-state index >= 15 is 0 Å². The third-order valence-electron chi connectivity index (χ3n) is 3.16. The van der Waals surface area contributed by atoms with Crippen LogP contribution in [-0.2, 0) is 9.47 Å².